The van der Waals surface area contributed by atoms with Crippen LogP contribution in [-0.2, 0) is 11.2 Å². The van der Waals surface area contributed by atoms with Crippen LogP contribution in [0.2, 0.25) is 0 Å². The van der Waals surface area contributed by atoms with Gasteiger partial charge in [0.2, 0.25) is 0 Å². The van der Waals surface area contributed by atoms with Crippen molar-refractivity contribution in [1.29, 1.82) is 0 Å². The van der Waals surface area contributed by atoms with Crippen LogP contribution in [0.25, 0.3) is 0 Å². The van der Waals surface area contributed by atoms with E-state index < -0.39 is 0 Å². The molecule has 18 heavy (non-hydrogen) atoms. The Morgan fingerprint density at radius 2 is 2.28 bits per heavy atom. The molecule has 1 aromatic rings. The van der Waals surface area contributed by atoms with Crippen molar-refractivity contribution in [2.45, 2.75) is 32.6 Å². The van der Waals surface area contributed by atoms with Crippen LogP contribution >= 0.6 is 0 Å². The van der Waals surface area contributed by atoms with Crippen LogP contribution in [0, 0.1) is 11.7 Å². The first kappa shape index (κ1) is 13.2. The van der Waals surface area contributed by atoms with Crippen molar-refractivity contribution in [1.82, 2.24) is 9.97 Å². The summed E-state index contributed by atoms with van der Waals surface area (Å²) in [4.78, 5) is 7.80. The Labute approximate surface area is 107 Å². The number of nitrogens with one attached hydrogen (secondary N) is 1. The summed E-state index contributed by atoms with van der Waals surface area (Å²) in [7, 11) is 0. The number of hydrogen-bond donors (Lipinski definition) is 1. The summed E-state index contributed by atoms with van der Waals surface area (Å²) in [5.74, 6) is 0.757. The highest BCUT2D eigenvalue weighted by molar-refractivity contribution is 5.37. The standard InChI is InChI=1S/C13H20FN3O/c1-2-11-12(14)13(17-9-16-11)15-6-3-7-18-8-10-4-5-10/h9-10H,2-8H2,1H3,(H,15,16,17). The van der Waals surface area contributed by atoms with Crippen LogP contribution in [0.3, 0.4) is 0 Å². The lowest BCUT2D eigenvalue weighted by Crippen LogP contribution is -2.10. The number of nitrogens with zero attached hydrogens (tertiary/aromatic N) is 2. The van der Waals surface area contributed by atoms with Crippen LogP contribution in [0.5, 0.6) is 0 Å². The Bertz CT molecular complexity index is 382. The van der Waals surface area contributed by atoms with Gasteiger partial charge >= 0.3 is 0 Å². The lowest BCUT2D eigenvalue weighted by atomic mass is 10.3. The SMILES string of the molecule is CCc1ncnc(NCCCOCC2CC2)c1F. The average molecular weight is 253 g/mol. The summed E-state index contributed by atoms with van der Waals surface area (Å²) >= 11 is 0. The second-order valence-electron chi connectivity index (χ2n) is 4.64. The molecule has 0 amide bonds. The first-order valence-corrected chi connectivity index (χ1v) is 6.62. The quantitative estimate of drug-likeness (QED) is 0.723. The third kappa shape index (κ3) is 3.91. The van der Waals surface area contributed by atoms with Crippen LogP contribution in [0.4, 0.5) is 10.2 Å². The van der Waals surface area contributed by atoms with E-state index in [0.717, 1.165) is 25.6 Å². The molecule has 1 fully saturated rings. The Balaban J connectivity index is 1.65. The molecule has 0 atom stereocenters. The number of aryl methyl sites for hydroxylation is 1. The van der Waals surface area contributed by atoms with Crippen molar-refractivity contribution in [2.75, 3.05) is 25.1 Å². The minimum Gasteiger partial charge on any atom is -0.381 e. The minimum absolute atomic E-state index is 0.295. The maximum Gasteiger partial charge on any atom is 0.186 e. The fourth-order valence-corrected chi connectivity index (χ4v) is 1.69. The van der Waals surface area contributed by atoms with E-state index in [2.05, 4.69) is 15.3 Å². The fraction of sp³-hybridized carbons (Fsp3) is 0.692. The molecule has 0 unspecified atom stereocenters. The van der Waals surface area contributed by atoms with Crippen LogP contribution < -0.4 is 5.32 Å². The molecule has 1 N–H and O–H groups in total. The van der Waals surface area contributed by atoms with Crippen LogP contribution in [0.15, 0.2) is 6.33 Å². The zero-order valence-corrected chi connectivity index (χ0v) is 10.8. The van der Waals surface area contributed by atoms with Crippen molar-refractivity contribution in [3.63, 3.8) is 0 Å². The highest BCUT2D eigenvalue weighted by atomic mass is 19.1. The van der Waals surface area contributed by atoms with E-state index in [1.807, 2.05) is 6.92 Å². The zero-order valence-electron chi connectivity index (χ0n) is 10.8. The number of halogens is 1. The van der Waals surface area contributed by atoms with Gasteiger partial charge in [0.05, 0.1) is 5.69 Å². The third-order valence-electron chi connectivity index (χ3n) is 3.00. The Hall–Kier alpha value is -1.23. The summed E-state index contributed by atoms with van der Waals surface area (Å²) in [6.45, 7) is 4.14. The van der Waals surface area contributed by atoms with Crippen molar-refractivity contribution >= 4 is 5.82 Å². The van der Waals surface area contributed by atoms with E-state index in [4.69, 9.17) is 4.74 Å². The molecule has 1 aliphatic carbocycles. The molecule has 0 bridgehead atoms. The van der Waals surface area contributed by atoms with Gasteiger partial charge < -0.3 is 10.1 Å². The number of ether oxygens (including phenoxy) is 1. The van der Waals surface area contributed by atoms with Gasteiger partial charge in [-0.15, -0.1) is 0 Å². The molecule has 1 saturated carbocycles. The van der Waals surface area contributed by atoms with Crippen LogP contribution in [-0.4, -0.2) is 29.7 Å². The smallest absolute Gasteiger partial charge is 0.186 e. The molecular formula is C13H20FN3O. The van der Waals surface area contributed by atoms with Crippen molar-refractivity contribution < 1.29 is 9.13 Å². The summed E-state index contributed by atoms with van der Waals surface area (Å²) < 4.78 is 19.2. The molecule has 1 aromatic heterocycles. The lowest BCUT2D eigenvalue weighted by Gasteiger charge is -2.08. The summed E-state index contributed by atoms with van der Waals surface area (Å²) in [6.07, 6.45) is 5.45. The van der Waals surface area contributed by atoms with Crippen LogP contribution in [0.1, 0.15) is 31.9 Å². The normalized spacial score (nSPS) is 14.8. The van der Waals surface area contributed by atoms with Gasteiger partial charge in [-0.3, -0.25) is 0 Å². The van der Waals surface area contributed by atoms with E-state index in [1.54, 1.807) is 0 Å². The Kier molecular flexibility index (Phi) is 4.87. The van der Waals surface area contributed by atoms with Gasteiger partial charge in [-0.25, -0.2) is 14.4 Å². The second-order valence-corrected chi connectivity index (χ2v) is 4.64. The third-order valence-corrected chi connectivity index (χ3v) is 3.00. The van der Waals surface area contributed by atoms with Crippen molar-refractivity contribution in [2.24, 2.45) is 5.92 Å². The molecule has 4 nitrogen and oxygen atoms in total. The maximum absolute atomic E-state index is 13.7. The molecule has 100 valence electrons. The molecule has 0 aromatic carbocycles. The Morgan fingerprint density at radius 3 is 3.00 bits per heavy atom. The highest BCUT2D eigenvalue weighted by Gasteiger charge is 2.20. The summed E-state index contributed by atoms with van der Waals surface area (Å²) in [5.41, 5.74) is 0.456. The zero-order chi connectivity index (χ0) is 12.8. The molecule has 0 saturated heterocycles. The topological polar surface area (TPSA) is 47.0 Å². The second kappa shape index (κ2) is 6.64. The summed E-state index contributed by atoms with van der Waals surface area (Å²) in [6, 6.07) is 0. The van der Waals surface area contributed by atoms with Gasteiger partial charge in [0.1, 0.15) is 6.33 Å². The van der Waals surface area contributed by atoms with Gasteiger partial charge in [-0.05, 0) is 31.6 Å². The van der Waals surface area contributed by atoms with Gasteiger partial charge in [-0.2, -0.15) is 0 Å². The van der Waals surface area contributed by atoms with Gasteiger partial charge in [-0.1, -0.05) is 6.92 Å². The van der Waals surface area contributed by atoms with Crippen molar-refractivity contribution in [3.05, 3.63) is 17.8 Å². The Morgan fingerprint density at radius 1 is 1.44 bits per heavy atom. The van der Waals surface area contributed by atoms with Gasteiger partial charge in [0, 0.05) is 19.8 Å². The maximum atomic E-state index is 13.7. The van der Waals surface area contributed by atoms with E-state index in [1.165, 1.54) is 19.2 Å². The fourth-order valence-electron chi connectivity index (χ4n) is 1.69. The molecule has 5 heteroatoms. The summed E-state index contributed by atoms with van der Waals surface area (Å²) in [5, 5.41) is 2.99. The number of hydrogen-bond acceptors (Lipinski definition) is 4. The molecule has 1 aliphatic rings. The highest BCUT2D eigenvalue weighted by Crippen LogP contribution is 2.28. The monoisotopic (exact) mass is 253 g/mol. The molecule has 1 heterocycles. The molecule has 0 radical (unpaired) electrons. The van der Waals surface area contributed by atoms with E-state index in [0.29, 0.717) is 24.5 Å². The average Bonchev–Trinajstić information content (AvgIpc) is 3.19. The van der Waals surface area contributed by atoms with Gasteiger partial charge in [0.15, 0.2) is 11.6 Å². The first-order chi connectivity index (χ1) is 8.81. The predicted molar refractivity (Wildman–Crippen MR) is 68.0 cm³/mol. The van der Waals surface area contributed by atoms with E-state index in [-0.39, 0.29) is 5.82 Å². The van der Waals surface area contributed by atoms with E-state index >= 15 is 0 Å². The molecule has 0 spiro atoms. The molecule has 0 aliphatic heterocycles. The van der Waals surface area contributed by atoms with Gasteiger partial charge in [0.25, 0.3) is 0 Å². The number of aromatic nitrogens is 2. The number of rotatable bonds is 8. The van der Waals surface area contributed by atoms with Crippen molar-refractivity contribution in [3.8, 4) is 0 Å². The molecular weight excluding hydrogens is 233 g/mol. The molecule has 2 rings (SSSR count). The predicted octanol–water partition coefficient (Wildman–Crippen LogP) is 2.41. The first-order valence-electron chi connectivity index (χ1n) is 6.62. The number of anilines is 1. The van der Waals surface area contributed by atoms with E-state index in [9.17, 15) is 4.39 Å². The minimum atomic E-state index is -0.334. The largest absolute Gasteiger partial charge is 0.381 e. The lowest BCUT2D eigenvalue weighted by molar-refractivity contribution is 0.124.